The van der Waals surface area contributed by atoms with E-state index < -0.39 is 0 Å². The molecular weight excluding hydrogens is 222 g/mol. The van der Waals surface area contributed by atoms with E-state index in [0.717, 1.165) is 12.0 Å². The Morgan fingerprint density at radius 3 is 2.50 bits per heavy atom. The fourth-order valence-corrected chi connectivity index (χ4v) is 4.80. The van der Waals surface area contributed by atoms with E-state index in [0.29, 0.717) is 6.61 Å². The molecule has 1 aliphatic heterocycles. The highest BCUT2D eigenvalue weighted by Crippen LogP contribution is 2.41. The van der Waals surface area contributed by atoms with Crippen molar-refractivity contribution in [3.63, 3.8) is 0 Å². The third-order valence-corrected chi connectivity index (χ3v) is 5.91. The van der Waals surface area contributed by atoms with E-state index in [1.54, 1.807) is 0 Å². The Kier molecular flexibility index (Phi) is 3.95. The number of hydrogen-bond acceptors (Lipinski definition) is 2. The lowest BCUT2D eigenvalue weighted by atomic mass is 9.74. The first-order valence-corrected chi connectivity index (χ1v) is 8.18. The minimum Gasteiger partial charge on any atom is -0.396 e. The molecule has 3 fully saturated rings. The summed E-state index contributed by atoms with van der Waals surface area (Å²) in [5.74, 6) is 0.984. The van der Waals surface area contributed by atoms with Crippen molar-refractivity contribution in [1.82, 2.24) is 4.90 Å². The van der Waals surface area contributed by atoms with Gasteiger partial charge in [0.15, 0.2) is 0 Å². The first-order chi connectivity index (χ1) is 8.83. The van der Waals surface area contributed by atoms with Crippen LogP contribution in [-0.4, -0.2) is 35.7 Å². The number of likely N-dealkylation sites (tertiary alicyclic amines) is 1. The second-order valence-corrected chi connectivity index (χ2v) is 7.09. The maximum absolute atomic E-state index is 9.87. The summed E-state index contributed by atoms with van der Waals surface area (Å²) in [4.78, 5) is 2.76. The van der Waals surface area contributed by atoms with Gasteiger partial charge in [0.05, 0.1) is 0 Å². The lowest BCUT2D eigenvalue weighted by Gasteiger charge is -2.42. The Labute approximate surface area is 112 Å². The van der Waals surface area contributed by atoms with Gasteiger partial charge in [-0.1, -0.05) is 32.1 Å². The molecule has 1 N–H and O–H groups in total. The second-order valence-electron chi connectivity index (χ2n) is 7.09. The Hall–Kier alpha value is -0.0800. The maximum Gasteiger partial charge on any atom is 0.0499 e. The van der Waals surface area contributed by atoms with Crippen LogP contribution in [0, 0.1) is 11.3 Å². The van der Waals surface area contributed by atoms with Gasteiger partial charge in [0.25, 0.3) is 0 Å². The smallest absolute Gasteiger partial charge is 0.0499 e. The summed E-state index contributed by atoms with van der Waals surface area (Å²) in [6, 6.07) is 0.865. The van der Waals surface area contributed by atoms with Crippen molar-refractivity contribution in [2.24, 2.45) is 11.3 Å². The van der Waals surface area contributed by atoms with E-state index in [2.05, 4.69) is 4.90 Å². The topological polar surface area (TPSA) is 23.5 Å². The number of rotatable bonds is 3. The lowest BCUT2D eigenvalue weighted by molar-refractivity contribution is 0.0284. The minimum atomic E-state index is 0.255. The van der Waals surface area contributed by atoms with Crippen molar-refractivity contribution in [3.05, 3.63) is 0 Å². The van der Waals surface area contributed by atoms with E-state index in [1.807, 2.05) is 0 Å². The zero-order chi connectivity index (χ0) is 12.4. The zero-order valence-corrected chi connectivity index (χ0v) is 11.7. The highest BCUT2D eigenvalue weighted by molar-refractivity contribution is 4.94. The third kappa shape index (κ3) is 2.46. The molecule has 104 valence electrons. The molecule has 0 radical (unpaired) electrons. The fourth-order valence-electron chi connectivity index (χ4n) is 4.80. The predicted octanol–water partition coefficient (Wildman–Crippen LogP) is 3.19. The van der Waals surface area contributed by atoms with Crippen molar-refractivity contribution >= 4 is 0 Å². The van der Waals surface area contributed by atoms with Crippen LogP contribution >= 0.6 is 0 Å². The van der Waals surface area contributed by atoms with Gasteiger partial charge in [0, 0.05) is 24.6 Å². The highest BCUT2D eigenvalue weighted by atomic mass is 16.3. The molecule has 1 saturated heterocycles. The van der Waals surface area contributed by atoms with Crippen LogP contribution in [0.4, 0.5) is 0 Å². The van der Waals surface area contributed by atoms with E-state index in [1.165, 1.54) is 77.3 Å². The standard InChI is InChI=1S/C16H29NO/c18-13-16(9-4-1-5-10-16)12-17-11-8-14-6-2-3-7-15(14)17/h14-15,18H,1-13H2. The largest absolute Gasteiger partial charge is 0.396 e. The fraction of sp³-hybridized carbons (Fsp3) is 1.00. The molecule has 18 heavy (non-hydrogen) atoms. The molecule has 3 rings (SSSR count). The van der Waals surface area contributed by atoms with Crippen molar-refractivity contribution in [3.8, 4) is 0 Å². The summed E-state index contributed by atoms with van der Waals surface area (Å²) in [6.07, 6.45) is 13.8. The van der Waals surface area contributed by atoms with Crippen LogP contribution in [0.2, 0.25) is 0 Å². The van der Waals surface area contributed by atoms with Crippen LogP contribution in [-0.2, 0) is 0 Å². The summed E-state index contributed by atoms with van der Waals surface area (Å²) in [5.41, 5.74) is 0.255. The molecule has 0 aromatic carbocycles. The van der Waals surface area contributed by atoms with Gasteiger partial charge in [-0.2, -0.15) is 0 Å². The summed E-state index contributed by atoms with van der Waals surface area (Å²) >= 11 is 0. The molecule has 2 nitrogen and oxygen atoms in total. The van der Waals surface area contributed by atoms with E-state index in [-0.39, 0.29) is 5.41 Å². The predicted molar refractivity (Wildman–Crippen MR) is 74.5 cm³/mol. The highest BCUT2D eigenvalue weighted by Gasteiger charge is 2.40. The monoisotopic (exact) mass is 251 g/mol. The molecule has 2 saturated carbocycles. The van der Waals surface area contributed by atoms with Crippen LogP contribution in [0.5, 0.6) is 0 Å². The summed E-state index contributed by atoms with van der Waals surface area (Å²) in [7, 11) is 0. The van der Waals surface area contributed by atoms with Gasteiger partial charge < -0.3 is 5.11 Å². The lowest BCUT2D eigenvalue weighted by Crippen LogP contribution is -2.45. The van der Waals surface area contributed by atoms with Crippen LogP contribution in [0.1, 0.15) is 64.2 Å². The van der Waals surface area contributed by atoms with Crippen LogP contribution in [0.25, 0.3) is 0 Å². The van der Waals surface area contributed by atoms with E-state index in [9.17, 15) is 5.11 Å². The first-order valence-electron chi connectivity index (χ1n) is 8.18. The second kappa shape index (κ2) is 5.50. The van der Waals surface area contributed by atoms with E-state index >= 15 is 0 Å². The van der Waals surface area contributed by atoms with E-state index in [4.69, 9.17) is 0 Å². The van der Waals surface area contributed by atoms with Gasteiger partial charge in [-0.25, -0.2) is 0 Å². The third-order valence-electron chi connectivity index (χ3n) is 5.91. The van der Waals surface area contributed by atoms with Crippen LogP contribution in [0.15, 0.2) is 0 Å². The van der Waals surface area contributed by atoms with Gasteiger partial charge in [-0.3, -0.25) is 4.90 Å². The van der Waals surface area contributed by atoms with Gasteiger partial charge >= 0.3 is 0 Å². The number of nitrogens with zero attached hydrogens (tertiary/aromatic N) is 1. The van der Waals surface area contributed by atoms with Gasteiger partial charge in [0.2, 0.25) is 0 Å². The van der Waals surface area contributed by atoms with Gasteiger partial charge in [-0.05, 0) is 44.6 Å². The Morgan fingerprint density at radius 2 is 1.72 bits per heavy atom. The number of hydrogen-bond donors (Lipinski definition) is 1. The van der Waals surface area contributed by atoms with Crippen LogP contribution in [0.3, 0.4) is 0 Å². The molecule has 0 bridgehead atoms. The summed E-state index contributed by atoms with van der Waals surface area (Å²) < 4.78 is 0. The zero-order valence-electron chi connectivity index (χ0n) is 11.7. The average Bonchev–Trinajstić information content (AvgIpc) is 2.83. The average molecular weight is 251 g/mol. The molecule has 0 aromatic heterocycles. The maximum atomic E-state index is 9.87. The molecule has 2 unspecified atom stereocenters. The quantitative estimate of drug-likeness (QED) is 0.832. The SMILES string of the molecule is OCC1(CN2CCC3CCCCC32)CCCCC1. The molecular formula is C16H29NO. The van der Waals surface area contributed by atoms with Gasteiger partial charge in [-0.15, -0.1) is 0 Å². The first kappa shape index (κ1) is 12.9. The molecule has 3 aliphatic rings. The molecule has 0 aromatic rings. The van der Waals surface area contributed by atoms with Crippen molar-refractivity contribution < 1.29 is 5.11 Å². The molecule has 0 amide bonds. The van der Waals surface area contributed by atoms with Gasteiger partial charge in [0.1, 0.15) is 0 Å². The van der Waals surface area contributed by atoms with Crippen molar-refractivity contribution in [1.29, 1.82) is 0 Å². The normalized spacial score (nSPS) is 36.5. The summed E-state index contributed by atoms with van der Waals surface area (Å²) in [6.45, 7) is 2.91. The minimum absolute atomic E-state index is 0.255. The number of fused-ring (bicyclic) bond motifs is 1. The summed E-state index contributed by atoms with van der Waals surface area (Å²) in [5, 5.41) is 9.87. The van der Waals surface area contributed by atoms with Crippen molar-refractivity contribution in [2.75, 3.05) is 19.7 Å². The molecule has 2 aliphatic carbocycles. The Balaban J connectivity index is 1.64. The molecule has 1 heterocycles. The van der Waals surface area contributed by atoms with Crippen molar-refractivity contribution in [2.45, 2.75) is 70.3 Å². The number of aliphatic hydroxyl groups is 1. The molecule has 2 atom stereocenters. The Morgan fingerprint density at radius 1 is 0.944 bits per heavy atom. The Bertz CT molecular complexity index is 272. The molecule has 0 spiro atoms. The molecule has 2 heteroatoms. The van der Waals surface area contributed by atoms with Crippen LogP contribution < -0.4 is 0 Å². The number of aliphatic hydroxyl groups excluding tert-OH is 1.